The molecule has 0 aliphatic carbocycles. The maximum Gasteiger partial charge on any atom is 0.368 e. The van der Waals surface area contributed by atoms with Crippen LogP contribution in [0.1, 0.15) is 13.8 Å². The predicted molar refractivity (Wildman–Crippen MR) is 60.0 cm³/mol. The first kappa shape index (κ1) is 14.9. The lowest BCUT2D eigenvalue weighted by Crippen LogP contribution is -2.55. The lowest BCUT2D eigenvalue weighted by Gasteiger charge is -2.36. The van der Waals surface area contributed by atoms with Gasteiger partial charge in [0, 0.05) is 12.2 Å². The first-order valence-electron chi connectivity index (χ1n) is 5.41. The molecule has 1 heterocycles. The van der Waals surface area contributed by atoms with Crippen molar-refractivity contribution in [1.82, 2.24) is 9.96 Å². The molecule has 8 nitrogen and oxygen atoms in total. The topological polar surface area (TPSA) is 113 Å². The highest BCUT2D eigenvalue weighted by molar-refractivity contribution is 5.89. The first-order valence-corrected chi connectivity index (χ1v) is 5.41. The lowest BCUT2D eigenvalue weighted by molar-refractivity contribution is -0.211. The SMILES string of the molecule is CCN1C(=O)N(O[C@H](F)C(=O)O)C(C)=C[C@H]1C(N)=O. The quantitative estimate of drug-likeness (QED) is 0.722. The molecule has 1 aliphatic heterocycles. The van der Waals surface area contributed by atoms with E-state index in [1.54, 1.807) is 6.92 Å². The van der Waals surface area contributed by atoms with Gasteiger partial charge in [0.25, 0.3) is 0 Å². The summed E-state index contributed by atoms with van der Waals surface area (Å²) in [5.74, 6) is -2.61. The van der Waals surface area contributed by atoms with Crippen LogP contribution in [-0.4, -0.2) is 51.9 Å². The van der Waals surface area contributed by atoms with Crippen LogP contribution < -0.4 is 5.73 Å². The summed E-state index contributed by atoms with van der Waals surface area (Å²) in [6, 6.07) is -1.82. The molecular formula is C10H14FN3O5. The molecule has 0 aromatic rings. The number of nitrogens with zero attached hydrogens (tertiary/aromatic N) is 2. The summed E-state index contributed by atoms with van der Waals surface area (Å²) < 4.78 is 13.0. The number of rotatable bonds is 5. The van der Waals surface area contributed by atoms with Gasteiger partial charge in [-0.05, 0) is 19.9 Å². The van der Waals surface area contributed by atoms with Crippen molar-refractivity contribution in [3.05, 3.63) is 11.8 Å². The molecule has 0 radical (unpaired) electrons. The number of carboxylic acids is 1. The highest BCUT2D eigenvalue weighted by Gasteiger charge is 2.37. The van der Waals surface area contributed by atoms with E-state index in [1.807, 2.05) is 0 Å². The van der Waals surface area contributed by atoms with Gasteiger partial charge in [0.15, 0.2) is 0 Å². The minimum atomic E-state index is -2.68. The zero-order valence-electron chi connectivity index (χ0n) is 10.4. The highest BCUT2D eigenvalue weighted by Crippen LogP contribution is 2.21. The van der Waals surface area contributed by atoms with Crippen molar-refractivity contribution in [1.29, 1.82) is 0 Å². The Labute approximate surface area is 108 Å². The molecule has 0 spiro atoms. The van der Waals surface area contributed by atoms with E-state index in [0.717, 1.165) is 4.90 Å². The summed E-state index contributed by atoms with van der Waals surface area (Å²) in [6.07, 6.45) is -1.39. The van der Waals surface area contributed by atoms with Gasteiger partial charge < -0.3 is 15.7 Å². The summed E-state index contributed by atoms with van der Waals surface area (Å²) in [7, 11) is 0. The number of amides is 3. The second kappa shape index (κ2) is 5.65. The molecule has 0 fully saturated rings. The Kier molecular flexibility index (Phi) is 4.43. The van der Waals surface area contributed by atoms with Crippen LogP contribution in [0.2, 0.25) is 0 Å². The van der Waals surface area contributed by atoms with Crippen LogP contribution in [-0.2, 0) is 14.4 Å². The van der Waals surface area contributed by atoms with Crippen molar-refractivity contribution in [2.75, 3.05) is 6.54 Å². The number of alkyl halides is 1. The van der Waals surface area contributed by atoms with E-state index < -0.39 is 30.3 Å². The molecule has 0 aromatic heterocycles. The monoisotopic (exact) mass is 275 g/mol. The van der Waals surface area contributed by atoms with Crippen molar-refractivity contribution >= 4 is 17.9 Å². The molecule has 0 aromatic carbocycles. The predicted octanol–water partition coefficient (Wildman–Crippen LogP) is -0.187. The van der Waals surface area contributed by atoms with Crippen LogP contribution in [0.5, 0.6) is 0 Å². The van der Waals surface area contributed by atoms with Crippen LogP contribution in [0.3, 0.4) is 0 Å². The Bertz CT molecular complexity index is 439. The molecule has 0 bridgehead atoms. The number of nitrogens with two attached hydrogens (primary N) is 1. The molecule has 0 unspecified atom stereocenters. The normalized spacial score (nSPS) is 21.1. The van der Waals surface area contributed by atoms with E-state index in [4.69, 9.17) is 10.8 Å². The molecule has 1 aliphatic rings. The Morgan fingerprint density at radius 2 is 2.21 bits per heavy atom. The van der Waals surface area contributed by atoms with E-state index in [2.05, 4.69) is 4.84 Å². The minimum Gasteiger partial charge on any atom is -0.477 e. The molecule has 3 N–H and O–H groups in total. The molecule has 0 saturated heterocycles. The third-order valence-corrected chi connectivity index (χ3v) is 2.50. The average Bonchev–Trinajstić information content (AvgIpc) is 2.33. The molecular weight excluding hydrogens is 261 g/mol. The van der Waals surface area contributed by atoms with E-state index in [-0.39, 0.29) is 12.2 Å². The largest absolute Gasteiger partial charge is 0.477 e. The number of urea groups is 1. The summed E-state index contributed by atoms with van der Waals surface area (Å²) in [4.78, 5) is 39.0. The number of aliphatic carboxylic acids is 1. The van der Waals surface area contributed by atoms with Gasteiger partial charge in [-0.1, -0.05) is 0 Å². The summed E-state index contributed by atoms with van der Waals surface area (Å²) in [5, 5.41) is 8.89. The number of carbonyl (C=O) groups is 3. The van der Waals surface area contributed by atoms with Crippen molar-refractivity contribution in [3.8, 4) is 0 Å². The summed E-state index contributed by atoms with van der Waals surface area (Å²) in [6.45, 7) is 3.08. The Morgan fingerprint density at radius 3 is 2.63 bits per heavy atom. The van der Waals surface area contributed by atoms with Gasteiger partial charge in [0.2, 0.25) is 5.91 Å². The van der Waals surface area contributed by atoms with Crippen LogP contribution in [0, 0.1) is 0 Å². The molecule has 9 heteroatoms. The fourth-order valence-corrected chi connectivity index (χ4v) is 1.61. The van der Waals surface area contributed by atoms with Gasteiger partial charge in [0.05, 0.1) is 0 Å². The maximum absolute atomic E-state index is 13.0. The third kappa shape index (κ3) is 2.99. The second-order valence-electron chi connectivity index (χ2n) is 3.78. The van der Waals surface area contributed by atoms with Crippen molar-refractivity contribution in [2.24, 2.45) is 5.73 Å². The zero-order chi connectivity index (χ0) is 14.7. The average molecular weight is 275 g/mol. The molecule has 1 rings (SSSR count). The number of hydroxylamine groups is 2. The molecule has 106 valence electrons. The van der Waals surface area contributed by atoms with Gasteiger partial charge >= 0.3 is 18.4 Å². The number of hydrogen-bond donors (Lipinski definition) is 2. The third-order valence-electron chi connectivity index (χ3n) is 2.50. The second-order valence-corrected chi connectivity index (χ2v) is 3.78. The van der Waals surface area contributed by atoms with Gasteiger partial charge in [-0.3, -0.25) is 4.79 Å². The van der Waals surface area contributed by atoms with E-state index in [1.165, 1.54) is 13.0 Å². The van der Waals surface area contributed by atoms with Crippen molar-refractivity contribution in [2.45, 2.75) is 26.2 Å². The van der Waals surface area contributed by atoms with Gasteiger partial charge in [-0.15, -0.1) is 0 Å². The number of carboxylic acid groups (broad SMARTS) is 1. The summed E-state index contributed by atoms with van der Waals surface area (Å²) in [5.41, 5.74) is 5.23. The van der Waals surface area contributed by atoms with Gasteiger partial charge in [-0.25, -0.2) is 18.8 Å². The van der Waals surface area contributed by atoms with Crippen LogP contribution in [0.4, 0.5) is 9.18 Å². The van der Waals surface area contributed by atoms with Crippen molar-refractivity contribution in [3.63, 3.8) is 0 Å². The van der Waals surface area contributed by atoms with Crippen LogP contribution in [0.15, 0.2) is 11.8 Å². The lowest BCUT2D eigenvalue weighted by atomic mass is 10.1. The molecule has 0 saturated carbocycles. The zero-order valence-corrected chi connectivity index (χ0v) is 10.4. The van der Waals surface area contributed by atoms with Crippen LogP contribution >= 0.6 is 0 Å². The molecule has 19 heavy (non-hydrogen) atoms. The number of halogens is 1. The van der Waals surface area contributed by atoms with E-state index in [9.17, 15) is 18.8 Å². The minimum absolute atomic E-state index is 0.0856. The Hall–Kier alpha value is -2.16. The van der Waals surface area contributed by atoms with Gasteiger partial charge in [0.1, 0.15) is 6.04 Å². The fraction of sp³-hybridized carbons (Fsp3) is 0.500. The number of hydrogen-bond acceptors (Lipinski definition) is 4. The number of allylic oxidation sites excluding steroid dienone is 1. The maximum atomic E-state index is 13.0. The van der Waals surface area contributed by atoms with Crippen LogP contribution in [0.25, 0.3) is 0 Å². The number of likely N-dealkylation sites (N-methyl/N-ethyl adjacent to an activating group) is 1. The molecule has 2 atom stereocenters. The standard InChI is InChI=1S/C10H14FN3O5/c1-3-13-6(8(12)15)4-5(2)14(10(13)18)19-7(11)9(16)17/h4,6-7H,3H2,1-2H3,(H2,12,15)(H,16,17)/t6-,7-/m0/s1. The molecule has 3 amide bonds. The van der Waals surface area contributed by atoms with Crippen molar-refractivity contribution < 1.29 is 28.7 Å². The van der Waals surface area contributed by atoms with E-state index in [0.29, 0.717) is 5.06 Å². The Morgan fingerprint density at radius 1 is 1.63 bits per heavy atom. The Balaban J connectivity index is 3.02. The number of primary amides is 1. The fourth-order valence-electron chi connectivity index (χ4n) is 1.61. The van der Waals surface area contributed by atoms with E-state index >= 15 is 0 Å². The summed E-state index contributed by atoms with van der Waals surface area (Å²) >= 11 is 0. The van der Waals surface area contributed by atoms with Gasteiger partial charge in [-0.2, -0.15) is 5.06 Å². The first-order chi connectivity index (χ1) is 8.79. The highest BCUT2D eigenvalue weighted by atomic mass is 19.1. The number of carbonyl (C=O) groups excluding carboxylic acids is 2. The smallest absolute Gasteiger partial charge is 0.368 e.